The van der Waals surface area contributed by atoms with Crippen LogP contribution in [0.15, 0.2) is 35.7 Å². The second-order valence-electron chi connectivity index (χ2n) is 12.4. The standard InChI is InChI=1S/C33H43N7O4S2/c1-38(27(41)7-5-4-6-26-28-25(20-46-26)34-33(43)35-28)17-18-39(2)32-36-30(24-14-19-45-31(24)37-32)40-15-12-22(13-16-40)29(42)21-8-10-23(44-3)11-9-21/h8-11,14,19,22,25-26,28H,4-7,12-13,15-18,20H2,1-3H3,(H2,34,35,43)/t25-,26-,28-/m0/s1. The summed E-state index contributed by atoms with van der Waals surface area (Å²) in [5.41, 5.74) is 0.730. The molecule has 0 spiro atoms. The van der Waals surface area contributed by atoms with Gasteiger partial charge in [0.1, 0.15) is 16.4 Å². The average Bonchev–Trinajstić information content (AvgIpc) is 3.81. The summed E-state index contributed by atoms with van der Waals surface area (Å²) in [4.78, 5) is 54.5. The zero-order valence-corrected chi connectivity index (χ0v) is 28.4. The molecule has 11 nitrogen and oxygen atoms in total. The van der Waals surface area contributed by atoms with E-state index in [1.54, 1.807) is 23.3 Å². The summed E-state index contributed by atoms with van der Waals surface area (Å²) in [6.07, 6.45) is 4.89. The van der Waals surface area contributed by atoms with Gasteiger partial charge >= 0.3 is 6.03 Å². The predicted octanol–water partition coefficient (Wildman–Crippen LogP) is 4.42. The van der Waals surface area contributed by atoms with Gasteiger partial charge in [-0.25, -0.2) is 9.78 Å². The molecule has 3 aromatic rings. The lowest BCUT2D eigenvalue weighted by Gasteiger charge is -2.33. The number of hydrogen-bond acceptors (Lipinski definition) is 10. The molecule has 0 saturated carbocycles. The lowest BCUT2D eigenvalue weighted by molar-refractivity contribution is -0.129. The summed E-state index contributed by atoms with van der Waals surface area (Å²) in [5.74, 6) is 3.57. The fourth-order valence-electron chi connectivity index (χ4n) is 6.57. The molecule has 46 heavy (non-hydrogen) atoms. The van der Waals surface area contributed by atoms with Crippen LogP contribution in [-0.4, -0.2) is 103 Å². The number of methoxy groups -OCH3 is 1. The number of aromatic nitrogens is 2. The highest BCUT2D eigenvalue weighted by molar-refractivity contribution is 8.00. The van der Waals surface area contributed by atoms with Gasteiger partial charge in [0.2, 0.25) is 11.9 Å². The SMILES string of the molecule is COc1ccc(C(=O)C2CCN(c3nc(N(C)CCN(C)C(=O)CCCC[C@@H]4SC[C@@H]5NC(=O)N[C@@H]54)nc4sccc34)CC2)cc1. The minimum Gasteiger partial charge on any atom is -0.497 e. The molecule has 3 amide bonds. The van der Waals surface area contributed by atoms with Gasteiger partial charge in [-0.1, -0.05) is 6.42 Å². The summed E-state index contributed by atoms with van der Waals surface area (Å²) >= 11 is 3.51. The number of nitrogens with one attached hydrogen (secondary N) is 2. The second-order valence-corrected chi connectivity index (χ2v) is 14.6. The number of nitrogens with zero attached hydrogens (tertiary/aromatic N) is 5. The monoisotopic (exact) mass is 665 g/mol. The molecule has 6 rings (SSSR count). The molecule has 3 aliphatic heterocycles. The Kier molecular flexibility index (Phi) is 10.2. The fourth-order valence-corrected chi connectivity index (χ4v) is 8.86. The van der Waals surface area contributed by atoms with Crippen LogP contribution in [-0.2, 0) is 4.79 Å². The Hall–Kier alpha value is -3.58. The molecule has 246 valence electrons. The van der Waals surface area contributed by atoms with Crippen molar-refractivity contribution in [3.05, 3.63) is 41.3 Å². The first-order valence-corrected chi connectivity index (χ1v) is 18.1. The number of thioether (sulfide) groups is 1. The summed E-state index contributed by atoms with van der Waals surface area (Å²) in [5, 5.41) is 9.52. The Morgan fingerprint density at radius 3 is 2.59 bits per heavy atom. The van der Waals surface area contributed by atoms with Crippen LogP contribution in [0.3, 0.4) is 0 Å². The van der Waals surface area contributed by atoms with E-state index >= 15 is 0 Å². The van der Waals surface area contributed by atoms with E-state index in [9.17, 15) is 14.4 Å². The van der Waals surface area contributed by atoms with Crippen LogP contribution in [0.2, 0.25) is 0 Å². The largest absolute Gasteiger partial charge is 0.497 e. The number of ketones is 1. The lowest BCUT2D eigenvalue weighted by atomic mass is 9.89. The number of piperidine rings is 1. The van der Waals surface area contributed by atoms with Gasteiger partial charge in [0.05, 0.1) is 24.6 Å². The number of thiophene rings is 1. The van der Waals surface area contributed by atoms with E-state index in [0.29, 0.717) is 30.7 Å². The van der Waals surface area contributed by atoms with Gasteiger partial charge in [0.15, 0.2) is 5.78 Å². The van der Waals surface area contributed by atoms with Crippen LogP contribution in [0, 0.1) is 5.92 Å². The molecule has 0 bridgehead atoms. The number of fused-ring (bicyclic) bond motifs is 2. The number of rotatable bonds is 13. The van der Waals surface area contributed by atoms with Crippen molar-refractivity contribution in [2.75, 3.05) is 62.9 Å². The third-order valence-corrected chi connectivity index (χ3v) is 11.8. The number of urea groups is 1. The zero-order chi connectivity index (χ0) is 32.2. The third kappa shape index (κ3) is 7.20. The van der Waals surface area contributed by atoms with E-state index in [2.05, 4.69) is 21.6 Å². The van der Waals surface area contributed by atoms with E-state index in [0.717, 1.165) is 78.3 Å². The molecule has 0 unspecified atom stereocenters. The Labute approximate surface area is 278 Å². The number of likely N-dealkylation sites (N-methyl/N-ethyl adjacent to an activating group) is 2. The van der Waals surface area contributed by atoms with Crippen molar-refractivity contribution in [2.45, 2.75) is 55.9 Å². The summed E-state index contributed by atoms with van der Waals surface area (Å²) in [6, 6.07) is 9.84. The van der Waals surface area contributed by atoms with Crippen molar-refractivity contribution in [3.8, 4) is 5.75 Å². The molecule has 3 atom stereocenters. The Bertz CT molecular complexity index is 1540. The van der Waals surface area contributed by atoms with Gasteiger partial charge in [-0.2, -0.15) is 16.7 Å². The quantitative estimate of drug-likeness (QED) is 0.155. The van der Waals surface area contributed by atoms with Gasteiger partial charge in [-0.05, 0) is 61.4 Å². The van der Waals surface area contributed by atoms with Crippen molar-refractivity contribution in [1.82, 2.24) is 25.5 Å². The number of unbranched alkanes of at least 4 members (excludes halogenated alkanes) is 1. The lowest BCUT2D eigenvalue weighted by Crippen LogP contribution is -2.38. The first kappa shape index (κ1) is 32.4. The number of hydrogen-bond donors (Lipinski definition) is 2. The molecule has 3 fully saturated rings. The number of carbonyl (C=O) groups is 3. The first-order chi connectivity index (χ1) is 22.3. The van der Waals surface area contributed by atoms with E-state index in [1.165, 1.54) is 0 Å². The smallest absolute Gasteiger partial charge is 0.315 e. The van der Waals surface area contributed by atoms with E-state index < -0.39 is 0 Å². The second kappa shape index (κ2) is 14.5. The molecule has 5 heterocycles. The van der Waals surface area contributed by atoms with Crippen molar-refractivity contribution < 1.29 is 19.1 Å². The van der Waals surface area contributed by atoms with Crippen molar-refractivity contribution in [3.63, 3.8) is 0 Å². The molecule has 3 aliphatic rings. The average molecular weight is 666 g/mol. The van der Waals surface area contributed by atoms with Crippen molar-refractivity contribution in [2.24, 2.45) is 5.92 Å². The number of amides is 3. The van der Waals surface area contributed by atoms with E-state index in [4.69, 9.17) is 14.7 Å². The molecular weight excluding hydrogens is 623 g/mol. The van der Waals surface area contributed by atoms with Crippen LogP contribution in [0.25, 0.3) is 10.2 Å². The van der Waals surface area contributed by atoms with Crippen LogP contribution >= 0.6 is 23.1 Å². The highest BCUT2D eigenvalue weighted by Crippen LogP contribution is 2.34. The maximum absolute atomic E-state index is 13.2. The van der Waals surface area contributed by atoms with E-state index in [-0.39, 0.29) is 35.7 Å². The molecule has 3 saturated heterocycles. The van der Waals surface area contributed by atoms with Crippen molar-refractivity contribution in [1.29, 1.82) is 0 Å². The Morgan fingerprint density at radius 2 is 1.83 bits per heavy atom. The molecule has 13 heteroatoms. The number of carbonyl (C=O) groups excluding carboxylic acids is 3. The number of ether oxygens (including phenoxy) is 1. The van der Waals surface area contributed by atoms with Crippen LogP contribution < -0.4 is 25.2 Å². The topological polar surface area (TPSA) is 120 Å². The van der Waals surface area contributed by atoms with Gasteiger partial charge in [-0.3, -0.25) is 9.59 Å². The number of benzene rings is 1. The number of anilines is 2. The van der Waals surface area contributed by atoms with Gasteiger partial charge < -0.3 is 30.1 Å². The normalized spacial score (nSPS) is 21.2. The summed E-state index contributed by atoms with van der Waals surface area (Å²) in [7, 11) is 5.46. The Balaban J connectivity index is 0.985. The molecule has 0 aliphatic carbocycles. The van der Waals surface area contributed by atoms with E-state index in [1.807, 2.05) is 60.4 Å². The molecule has 2 N–H and O–H groups in total. The summed E-state index contributed by atoms with van der Waals surface area (Å²) < 4.78 is 5.23. The van der Waals surface area contributed by atoms with Crippen LogP contribution in [0.4, 0.5) is 16.6 Å². The third-order valence-electron chi connectivity index (χ3n) is 9.44. The number of Topliss-reactive ketones (excluding diaryl/α,β-unsaturated/α-hetero) is 1. The fraction of sp³-hybridized carbons (Fsp3) is 0.545. The Morgan fingerprint density at radius 1 is 1.04 bits per heavy atom. The minimum atomic E-state index is -0.0574. The maximum atomic E-state index is 13.2. The minimum absolute atomic E-state index is 0.0131. The van der Waals surface area contributed by atoms with Gasteiger partial charge in [-0.15, -0.1) is 11.3 Å². The molecule has 1 aromatic carbocycles. The van der Waals surface area contributed by atoms with Crippen LogP contribution in [0.5, 0.6) is 5.75 Å². The van der Waals surface area contributed by atoms with Gasteiger partial charge in [0, 0.05) is 69.2 Å². The highest BCUT2D eigenvalue weighted by atomic mass is 32.2. The predicted molar refractivity (Wildman–Crippen MR) is 185 cm³/mol. The highest BCUT2D eigenvalue weighted by Gasteiger charge is 2.42. The molecule has 2 aromatic heterocycles. The van der Waals surface area contributed by atoms with Gasteiger partial charge in [0.25, 0.3) is 0 Å². The van der Waals surface area contributed by atoms with Crippen LogP contribution in [0.1, 0.15) is 48.9 Å². The van der Waals surface area contributed by atoms with Crippen molar-refractivity contribution >= 4 is 62.8 Å². The molecular formula is C33H43N7O4S2. The zero-order valence-electron chi connectivity index (χ0n) is 26.7. The molecule has 0 radical (unpaired) electrons. The summed E-state index contributed by atoms with van der Waals surface area (Å²) in [6.45, 7) is 2.70. The first-order valence-electron chi connectivity index (χ1n) is 16.1. The maximum Gasteiger partial charge on any atom is 0.315 e.